The van der Waals surface area contributed by atoms with Gasteiger partial charge in [0.05, 0.1) is 22.4 Å². The van der Waals surface area contributed by atoms with Crippen molar-refractivity contribution in [3.05, 3.63) is 91.0 Å². The van der Waals surface area contributed by atoms with E-state index < -0.39 is 21.7 Å². The Kier molecular flexibility index (Phi) is 6.89. The summed E-state index contributed by atoms with van der Waals surface area (Å²) in [5.41, 5.74) is 1.32. The third-order valence-electron chi connectivity index (χ3n) is 4.98. The van der Waals surface area contributed by atoms with Crippen molar-refractivity contribution in [2.24, 2.45) is 5.92 Å². The second-order valence-electron chi connectivity index (χ2n) is 7.23. The SMILES string of the molecule is CCOC(=O)C1CC(=Cc2cccc([N+](=O)[O-])c2)C(=O)C(=Cc2cccc([N+](=O)[O-])c2)C1. The zero-order valence-corrected chi connectivity index (χ0v) is 17.2. The Bertz CT molecular complexity index is 1070. The van der Waals surface area contributed by atoms with Gasteiger partial charge in [-0.05, 0) is 43.0 Å². The summed E-state index contributed by atoms with van der Waals surface area (Å²) in [6.45, 7) is 1.88. The Balaban J connectivity index is 2.02. The number of ketones is 1. The van der Waals surface area contributed by atoms with Crippen LogP contribution in [0, 0.1) is 26.1 Å². The van der Waals surface area contributed by atoms with E-state index in [1.54, 1.807) is 19.1 Å². The van der Waals surface area contributed by atoms with E-state index in [0.29, 0.717) is 22.3 Å². The standard InChI is InChI=1S/C23H20N2O7/c1-2-32-23(27)19-13-17(9-15-5-3-7-20(11-15)24(28)29)22(26)18(14-19)10-16-6-4-8-21(12-16)25(30)31/h3-12,19H,2,13-14H2,1H3. The molecule has 0 heterocycles. The third kappa shape index (κ3) is 5.31. The molecule has 9 heteroatoms. The summed E-state index contributed by atoms with van der Waals surface area (Å²) in [7, 11) is 0. The second-order valence-corrected chi connectivity index (χ2v) is 7.23. The van der Waals surface area contributed by atoms with E-state index in [9.17, 15) is 29.8 Å². The van der Waals surface area contributed by atoms with Crippen molar-refractivity contribution in [3.63, 3.8) is 0 Å². The maximum absolute atomic E-state index is 13.1. The molecule has 1 fully saturated rings. The predicted octanol–water partition coefficient (Wildman–Crippen LogP) is 4.51. The number of carbonyl (C=O) groups is 2. The van der Waals surface area contributed by atoms with E-state index in [4.69, 9.17) is 4.74 Å². The largest absolute Gasteiger partial charge is 0.466 e. The van der Waals surface area contributed by atoms with E-state index in [1.165, 1.54) is 48.6 Å². The van der Waals surface area contributed by atoms with Crippen LogP contribution in [0.2, 0.25) is 0 Å². The molecule has 0 saturated heterocycles. The van der Waals surface area contributed by atoms with Crippen molar-refractivity contribution in [1.82, 2.24) is 0 Å². The van der Waals surface area contributed by atoms with Crippen LogP contribution in [0.15, 0.2) is 59.7 Å². The number of hydrogen-bond acceptors (Lipinski definition) is 7. The number of ether oxygens (including phenoxy) is 1. The van der Waals surface area contributed by atoms with Gasteiger partial charge in [0, 0.05) is 35.4 Å². The monoisotopic (exact) mass is 436 g/mol. The Labute approximate surface area is 183 Å². The van der Waals surface area contributed by atoms with Crippen LogP contribution in [0.25, 0.3) is 12.2 Å². The summed E-state index contributed by atoms with van der Waals surface area (Å²) < 4.78 is 5.13. The van der Waals surface area contributed by atoms with Crippen molar-refractivity contribution in [1.29, 1.82) is 0 Å². The molecule has 0 atom stereocenters. The normalized spacial score (nSPS) is 18.5. The van der Waals surface area contributed by atoms with Crippen molar-refractivity contribution < 1.29 is 24.2 Å². The van der Waals surface area contributed by atoms with E-state index in [-0.39, 0.29) is 36.6 Å². The molecule has 2 aromatic carbocycles. The number of nitro benzene ring substituents is 2. The third-order valence-corrected chi connectivity index (χ3v) is 4.98. The molecule has 0 amide bonds. The lowest BCUT2D eigenvalue weighted by Gasteiger charge is -2.24. The molecule has 0 bridgehead atoms. The molecule has 164 valence electrons. The van der Waals surface area contributed by atoms with Crippen molar-refractivity contribution in [2.75, 3.05) is 6.61 Å². The van der Waals surface area contributed by atoms with Crippen LogP contribution in [-0.4, -0.2) is 28.2 Å². The summed E-state index contributed by atoms with van der Waals surface area (Å²) >= 11 is 0. The first-order valence-corrected chi connectivity index (χ1v) is 9.90. The van der Waals surface area contributed by atoms with Crippen LogP contribution in [-0.2, 0) is 14.3 Å². The van der Waals surface area contributed by atoms with Gasteiger partial charge in [0.15, 0.2) is 5.78 Å². The molecular formula is C23H20N2O7. The fourth-order valence-electron chi connectivity index (χ4n) is 3.53. The minimum Gasteiger partial charge on any atom is -0.466 e. The number of allylic oxidation sites excluding steroid dienone is 2. The quantitative estimate of drug-likeness (QED) is 0.282. The number of nitrogens with zero attached hydrogens (tertiary/aromatic N) is 2. The number of nitro groups is 2. The highest BCUT2D eigenvalue weighted by molar-refractivity contribution is 6.14. The maximum atomic E-state index is 13.1. The zero-order valence-electron chi connectivity index (χ0n) is 17.2. The smallest absolute Gasteiger partial charge is 0.309 e. The number of Topliss-reactive ketones (excluding diaryl/α,β-unsaturated/α-hetero) is 1. The molecule has 0 aromatic heterocycles. The van der Waals surface area contributed by atoms with Gasteiger partial charge in [-0.15, -0.1) is 0 Å². The topological polar surface area (TPSA) is 130 Å². The Morgan fingerprint density at radius 3 is 1.84 bits per heavy atom. The van der Waals surface area contributed by atoms with Gasteiger partial charge in [0.25, 0.3) is 11.4 Å². The van der Waals surface area contributed by atoms with Crippen molar-refractivity contribution in [3.8, 4) is 0 Å². The molecule has 0 unspecified atom stereocenters. The second kappa shape index (κ2) is 9.78. The predicted molar refractivity (Wildman–Crippen MR) is 117 cm³/mol. The minimum atomic E-state index is -0.609. The number of non-ortho nitro benzene ring substituents is 2. The highest BCUT2D eigenvalue weighted by atomic mass is 16.6. The van der Waals surface area contributed by atoms with E-state index in [2.05, 4.69) is 0 Å². The summed E-state index contributed by atoms with van der Waals surface area (Å²) in [6.07, 6.45) is 3.32. The molecule has 1 saturated carbocycles. The van der Waals surface area contributed by atoms with Gasteiger partial charge in [-0.1, -0.05) is 24.3 Å². The number of benzene rings is 2. The average Bonchev–Trinajstić information content (AvgIpc) is 2.77. The average molecular weight is 436 g/mol. The lowest BCUT2D eigenvalue weighted by molar-refractivity contribution is -0.385. The fourth-order valence-corrected chi connectivity index (χ4v) is 3.53. The Morgan fingerprint density at radius 1 is 0.969 bits per heavy atom. The summed E-state index contributed by atoms with van der Waals surface area (Å²) in [5, 5.41) is 22.1. The van der Waals surface area contributed by atoms with E-state index >= 15 is 0 Å². The van der Waals surface area contributed by atoms with Crippen LogP contribution in [0.4, 0.5) is 11.4 Å². The summed E-state index contributed by atoms with van der Waals surface area (Å²) in [5.74, 6) is -1.37. The van der Waals surface area contributed by atoms with Crippen LogP contribution in [0.5, 0.6) is 0 Å². The number of hydrogen-bond donors (Lipinski definition) is 0. The molecule has 0 aliphatic heterocycles. The van der Waals surface area contributed by atoms with Crippen molar-refractivity contribution >= 4 is 35.3 Å². The number of esters is 1. The molecular weight excluding hydrogens is 416 g/mol. The molecule has 32 heavy (non-hydrogen) atoms. The van der Waals surface area contributed by atoms with Gasteiger partial charge < -0.3 is 4.74 Å². The zero-order chi connectivity index (χ0) is 23.3. The first kappa shape index (κ1) is 22.5. The molecule has 1 aliphatic rings. The molecule has 3 rings (SSSR count). The lowest BCUT2D eigenvalue weighted by Crippen LogP contribution is -2.27. The molecule has 0 spiro atoms. The fraction of sp³-hybridized carbons (Fsp3) is 0.217. The molecule has 2 aromatic rings. The van der Waals surface area contributed by atoms with Gasteiger partial charge in [-0.3, -0.25) is 29.8 Å². The van der Waals surface area contributed by atoms with Gasteiger partial charge in [-0.25, -0.2) is 0 Å². The molecule has 1 aliphatic carbocycles. The number of rotatable bonds is 6. The van der Waals surface area contributed by atoms with Crippen molar-refractivity contribution in [2.45, 2.75) is 19.8 Å². The summed E-state index contributed by atoms with van der Waals surface area (Å²) in [4.78, 5) is 46.6. The lowest BCUT2D eigenvalue weighted by atomic mass is 9.79. The van der Waals surface area contributed by atoms with Crippen LogP contribution >= 0.6 is 0 Å². The van der Waals surface area contributed by atoms with E-state index in [1.807, 2.05) is 0 Å². The Hall–Kier alpha value is -4.14. The van der Waals surface area contributed by atoms with Gasteiger partial charge in [-0.2, -0.15) is 0 Å². The highest BCUT2D eigenvalue weighted by Gasteiger charge is 2.33. The highest BCUT2D eigenvalue weighted by Crippen LogP contribution is 2.34. The van der Waals surface area contributed by atoms with E-state index in [0.717, 1.165) is 0 Å². The first-order valence-electron chi connectivity index (χ1n) is 9.90. The van der Waals surface area contributed by atoms with Gasteiger partial charge in [0.2, 0.25) is 0 Å². The molecule has 9 nitrogen and oxygen atoms in total. The molecule has 0 N–H and O–H groups in total. The van der Waals surface area contributed by atoms with Crippen LogP contribution in [0.1, 0.15) is 30.9 Å². The van der Waals surface area contributed by atoms with Gasteiger partial charge in [0.1, 0.15) is 0 Å². The molecule has 0 radical (unpaired) electrons. The van der Waals surface area contributed by atoms with Crippen LogP contribution in [0.3, 0.4) is 0 Å². The van der Waals surface area contributed by atoms with Crippen LogP contribution < -0.4 is 0 Å². The first-order chi connectivity index (χ1) is 15.3. The Morgan fingerprint density at radius 2 is 1.44 bits per heavy atom. The van der Waals surface area contributed by atoms with Gasteiger partial charge >= 0.3 is 5.97 Å². The maximum Gasteiger partial charge on any atom is 0.309 e. The summed E-state index contributed by atoms with van der Waals surface area (Å²) in [6, 6.07) is 11.7. The minimum absolute atomic E-state index is 0.114. The number of carbonyl (C=O) groups excluding carboxylic acids is 2.